The van der Waals surface area contributed by atoms with Gasteiger partial charge in [0.1, 0.15) is 19.0 Å². The minimum Gasteiger partial charge on any atom is -0.490 e. The zero-order chi connectivity index (χ0) is 18.4. The Bertz CT molecular complexity index is 622. The normalized spacial score (nSPS) is 23.9. The maximum atomic E-state index is 11.8. The molecule has 0 radical (unpaired) electrons. The molecule has 142 valence electrons. The molecule has 3 rings (SSSR count). The first-order valence-electron chi connectivity index (χ1n) is 9.15. The third-order valence-electron chi connectivity index (χ3n) is 4.69. The summed E-state index contributed by atoms with van der Waals surface area (Å²) < 4.78 is 10.7. The molecule has 26 heavy (non-hydrogen) atoms. The number of thioether (sulfide) groups is 1. The molecule has 0 saturated carbocycles. The van der Waals surface area contributed by atoms with Gasteiger partial charge in [-0.25, -0.2) is 4.79 Å². The van der Waals surface area contributed by atoms with Crippen molar-refractivity contribution in [2.45, 2.75) is 49.9 Å². The number of ether oxygens (including phenoxy) is 2. The summed E-state index contributed by atoms with van der Waals surface area (Å²) in [7, 11) is 0. The monoisotopic (exact) mass is 378 g/mol. The summed E-state index contributed by atoms with van der Waals surface area (Å²) in [4.78, 5) is 23.1. The minimum atomic E-state index is -0.176. The van der Waals surface area contributed by atoms with Gasteiger partial charge < -0.3 is 20.1 Å². The molecular formula is C19H26N2O4S. The summed E-state index contributed by atoms with van der Waals surface area (Å²) in [6.45, 7) is 2.66. The molecule has 1 aromatic rings. The largest absolute Gasteiger partial charge is 0.490 e. The van der Waals surface area contributed by atoms with Gasteiger partial charge in [0.05, 0.1) is 12.1 Å². The van der Waals surface area contributed by atoms with E-state index in [0.29, 0.717) is 18.3 Å². The highest BCUT2D eigenvalue weighted by molar-refractivity contribution is 8.00. The van der Waals surface area contributed by atoms with Gasteiger partial charge in [0.2, 0.25) is 0 Å². The third-order valence-corrected chi connectivity index (χ3v) is 6.20. The van der Waals surface area contributed by atoms with Crippen molar-refractivity contribution < 1.29 is 19.1 Å². The van der Waals surface area contributed by atoms with Crippen molar-refractivity contribution in [2.24, 2.45) is 0 Å². The summed E-state index contributed by atoms with van der Waals surface area (Å²) in [5.74, 6) is 1.58. The number of carbonyl (C=O) groups is 2. The van der Waals surface area contributed by atoms with Crippen LogP contribution in [-0.4, -0.2) is 48.3 Å². The molecule has 0 bridgehead atoms. The first kappa shape index (κ1) is 18.9. The van der Waals surface area contributed by atoms with Crippen LogP contribution in [0.3, 0.4) is 0 Å². The highest BCUT2D eigenvalue weighted by Gasteiger charge is 2.42. The predicted octanol–water partition coefficient (Wildman–Crippen LogP) is 2.64. The Morgan fingerprint density at radius 2 is 2.00 bits per heavy atom. The molecule has 2 heterocycles. The van der Waals surface area contributed by atoms with Gasteiger partial charge in [-0.1, -0.05) is 24.1 Å². The second-order valence-electron chi connectivity index (χ2n) is 6.75. The van der Waals surface area contributed by atoms with Gasteiger partial charge in [-0.3, -0.25) is 4.79 Å². The average molecular weight is 378 g/mol. The number of amides is 2. The number of fused-ring (bicyclic) bond motifs is 1. The molecule has 2 aliphatic rings. The molecule has 0 spiro atoms. The van der Waals surface area contributed by atoms with Gasteiger partial charge in [0.25, 0.3) is 0 Å². The molecule has 0 aromatic heterocycles. The first-order valence-corrected chi connectivity index (χ1v) is 10.2. The van der Waals surface area contributed by atoms with Crippen LogP contribution < -0.4 is 15.4 Å². The third kappa shape index (κ3) is 5.30. The summed E-state index contributed by atoms with van der Waals surface area (Å²) in [6.07, 6.45) is 3.22. The van der Waals surface area contributed by atoms with E-state index in [1.165, 1.54) is 5.56 Å². The van der Waals surface area contributed by atoms with Gasteiger partial charge in [-0.05, 0) is 31.9 Å². The van der Waals surface area contributed by atoms with E-state index in [4.69, 9.17) is 9.47 Å². The van der Waals surface area contributed by atoms with Crippen molar-refractivity contribution >= 4 is 23.8 Å². The Morgan fingerprint density at radius 1 is 1.19 bits per heavy atom. The Labute approximate surface area is 158 Å². The van der Waals surface area contributed by atoms with Gasteiger partial charge >= 0.3 is 12.0 Å². The molecule has 2 N–H and O–H groups in total. The fraction of sp³-hybridized carbons (Fsp3) is 0.579. The highest BCUT2D eigenvalue weighted by Crippen LogP contribution is 2.33. The van der Waals surface area contributed by atoms with E-state index in [1.807, 2.05) is 43.0 Å². The molecule has 6 nitrogen and oxygen atoms in total. The van der Waals surface area contributed by atoms with Crippen LogP contribution in [0.1, 0.15) is 31.2 Å². The first-order chi connectivity index (χ1) is 12.6. The SMILES string of the molecule is Cc1ccc(OCCOC(=O)CCCCC2SCC3NC(=O)NC32)cc1. The van der Waals surface area contributed by atoms with Crippen molar-refractivity contribution in [1.29, 1.82) is 0 Å². The molecule has 2 amide bonds. The summed E-state index contributed by atoms with van der Waals surface area (Å²) in [5, 5.41) is 6.37. The lowest BCUT2D eigenvalue weighted by atomic mass is 10.0. The predicted molar refractivity (Wildman–Crippen MR) is 102 cm³/mol. The summed E-state index contributed by atoms with van der Waals surface area (Å²) >= 11 is 1.90. The Morgan fingerprint density at radius 3 is 2.81 bits per heavy atom. The van der Waals surface area contributed by atoms with Crippen LogP contribution in [-0.2, 0) is 9.53 Å². The maximum absolute atomic E-state index is 11.8. The second-order valence-corrected chi connectivity index (χ2v) is 8.02. The summed E-state index contributed by atoms with van der Waals surface area (Å²) in [5.41, 5.74) is 1.18. The topological polar surface area (TPSA) is 76.7 Å². The van der Waals surface area contributed by atoms with Crippen LogP contribution in [0.4, 0.5) is 4.79 Å². The number of hydrogen-bond acceptors (Lipinski definition) is 5. The molecule has 2 aliphatic heterocycles. The number of esters is 1. The number of rotatable bonds is 9. The Balaban J connectivity index is 1.22. The molecule has 3 unspecified atom stereocenters. The van der Waals surface area contributed by atoms with Gasteiger partial charge in [-0.2, -0.15) is 11.8 Å². The standard InChI is InChI=1S/C19H26N2O4S/c1-13-6-8-14(9-7-13)24-10-11-25-17(22)5-3-2-4-16-18-15(12-26-16)20-19(23)21-18/h6-9,15-16,18H,2-5,10-12H2,1H3,(H2,20,21,23). The number of aryl methyl sites for hydroxylation is 1. The lowest BCUT2D eigenvalue weighted by molar-refractivity contribution is -0.144. The molecule has 2 fully saturated rings. The second kappa shape index (κ2) is 9.16. The van der Waals surface area contributed by atoms with Crippen LogP contribution >= 0.6 is 11.8 Å². The quantitative estimate of drug-likeness (QED) is 0.392. The van der Waals surface area contributed by atoms with Crippen LogP contribution in [0.2, 0.25) is 0 Å². The van der Waals surface area contributed by atoms with E-state index in [9.17, 15) is 9.59 Å². The van der Waals surface area contributed by atoms with Gasteiger partial charge in [0, 0.05) is 17.4 Å². The van der Waals surface area contributed by atoms with Crippen LogP contribution in [0.5, 0.6) is 5.75 Å². The van der Waals surface area contributed by atoms with E-state index in [-0.39, 0.29) is 30.7 Å². The highest BCUT2D eigenvalue weighted by atomic mass is 32.2. The minimum absolute atomic E-state index is 0.0540. The smallest absolute Gasteiger partial charge is 0.315 e. The number of carbonyl (C=O) groups excluding carboxylic acids is 2. The summed E-state index contributed by atoms with van der Waals surface area (Å²) in [6, 6.07) is 8.23. The van der Waals surface area contributed by atoms with E-state index >= 15 is 0 Å². The number of urea groups is 1. The van der Waals surface area contributed by atoms with Crippen LogP contribution in [0, 0.1) is 6.92 Å². The number of nitrogens with one attached hydrogen (secondary N) is 2. The van der Waals surface area contributed by atoms with Crippen molar-refractivity contribution in [2.75, 3.05) is 19.0 Å². The fourth-order valence-corrected chi connectivity index (χ4v) is 4.82. The van der Waals surface area contributed by atoms with E-state index in [0.717, 1.165) is 30.8 Å². The molecule has 0 aliphatic carbocycles. The fourth-order valence-electron chi connectivity index (χ4n) is 3.28. The van der Waals surface area contributed by atoms with E-state index in [2.05, 4.69) is 10.6 Å². The molecular weight excluding hydrogens is 352 g/mol. The molecule has 3 atom stereocenters. The van der Waals surface area contributed by atoms with Crippen LogP contribution in [0.25, 0.3) is 0 Å². The van der Waals surface area contributed by atoms with Crippen molar-refractivity contribution in [3.8, 4) is 5.75 Å². The van der Waals surface area contributed by atoms with Crippen molar-refractivity contribution in [3.05, 3.63) is 29.8 Å². The number of hydrogen-bond donors (Lipinski definition) is 2. The molecule has 7 heteroatoms. The lowest BCUT2D eigenvalue weighted by Crippen LogP contribution is -2.36. The van der Waals surface area contributed by atoms with Crippen molar-refractivity contribution in [1.82, 2.24) is 10.6 Å². The van der Waals surface area contributed by atoms with Gasteiger partial charge in [0.15, 0.2) is 0 Å². The Hall–Kier alpha value is -1.89. The lowest BCUT2D eigenvalue weighted by Gasteiger charge is -2.16. The van der Waals surface area contributed by atoms with Crippen LogP contribution in [0.15, 0.2) is 24.3 Å². The number of unbranched alkanes of at least 4 members (excludes halogenated alkanes) is 1. The van der Waals surface area contributed by atoms with Crippen molar-refractivity contribution in [3.63, 3.8) is 0 Å². The maximum Gasteiger partial charge on any atom is 0.315 e. The zero-order valence-corrected chi connectivity index (χ0v) is 15.8. The van der Waals surface area contributed by atoms with Gasteiger partial charge in [-0.15, -0.1) is 0 Å². The Kier molecular flexibility index (Phi) is 6.66. The molecule has 2 saturated heterocycles. The number of benzene rings is 1. The molecule has 1 aromatic carbocycles. The average Bonchev–Trinajstić information content (AvgIpc) is 3.17. The zero-order valence-electron chi connectivity index (χ0n) is 15.0. The van der Waals surface area contributed by atoms with E-state index < -0.39 is 0 Å². The van der Waals surface area contributed by atoms with E-state index in [1.54, 1.807) is 0 Å².